The Balaban J connectivity index is 1.01. The van der Waals surface area contributed by atoms with Crippen molar-refractivity contribution in [1.82, 2.24) is 24.5 Å². The minimum atomic E-state index is -0.507. The molecule has 2 saturated heterocycles. The molecule has 0 radical (unpaired) electrons. The zero-order valence-corrected chi connectivity index (χ0v) is 28.8. The number of ketones is 1. The summed E-state index contributed by atoms with van der Waals surface area (Å²) in [5, 5.41) is 8.95. The second-order valence-corrected chi connectivity index (χ2v) is 13.7. The van der Waals surface area contributed by atoms with Gasteiger partial charge in [-0.3, -0.25) is 33.8 Å². The van der Waals surface area contributed by atoms with Gasteiger partial charge in [0.1, 0.15) is 18.2 Å². The Morgan fingerprint density at radius 1 is 0.820 bits per heavy atom. The molecule has 0 aliphatic carbocycles. The van der Waals surface area contributed by atoms with E-state index in [0.29, 0.717) is 32.7 Å². The molecule has 4 aliphatic heterocycles. The number of rotatable bonds is 12. The normalized spacial score (nSPS) is 17.8. The van der Waals surface area contributed by atoms with Crippen LogP contribution in [-0.2, 0) is 35.1 Å². The molecule has 4 aliphatic rings. The molecule has 50 heavy (non-hydrogen) atoms. The van der Waals surface area contributed by atoms with E-state index in [4.69, 9.17) is 14.8 Å². The number of aliphatic hydroxyl groups excluding tert-OH is 1. The summed E-state index contributed by atoms with van der Waals surface area (Å²) in [5.41, 5.74) is 3.00. The number of ether oxygens (including phenoxy) is 1. The average Bonchev–Trinajstić information content (AvgIpc) is 3.34. The number of Topliss-reactive ketones (excluding diaryl/α,β-unsaturated/α-hetero) is 1. The molecule has 0 unspecified atom stereocenters. The van der Waals surface area contributed by atoms with Crippen molar-refractivity contribution >= 4 is 52.7 Å². The van der Waals surface area contributed by atoms with E-state index in [2.05, 4.69) is 28.0 Å². The monoisotopic (exact) mass is 702 g/mol. The molecular formula is C36H42N6O7S. The van der Waals surface area contributed by atoms with Gasteiger partial charge in [-0.05, 0) is 36.2 Å². The largest absolute Gasteiger partial charge is 0.394 e. The minimum absolute atomic E-state index is 0.0319. The first-order valence-corrected chi connectivity index (χ1v) is 17.9. The zero-order valence-electron chi connectivity index (χ0n) is 28.0. The number of hydrogen-bond donors (Lipinski definition) is 1. The van der Waals surface area contributed by atoms with Gasteiger partial charge in [-0.25, -0.2) is 4.99 Å². The summed E-state index contributed by atoms with van der Waals surface area (Å²) in [6, 6.07) is 14.4. The van der Waals surface area contributed by atoms with Crippen LogP contribution in [0.5, 0.6) is 0 Å². The van der Waals surface area contributed by atoms with Crippen LogP contribution in [0.3, 0.4) is 0 Å². The molecule has 14 heteroatoms. The number of carbonyl (C=O) groups is 5. The van der Waals surface area contributed by atoms with E-state index >= 15 is 0 Å². The Bertz CT molecular complexity index is 1660. The predicted molar refractivity (Wildman–Crippen MR) is 186 cm³/mol. The van der Waals surface area contributed by atoms with Crippen molar-refractivity contribution in [3.63, 3.8) is 0 Å². The Labute approximate surface area is 295 Å². The van der Waals surface area contributed by atoms with E-state index in [-0.39, 0.29) is 56.7 Å². The summed E-state index contributed by atoms with van der Waals surface area (Å²) < 4.78 is 5.45. The first kappa shape index (κ1) is 35.5. The molecule has 0 atom stereocenters. The number of carbonyl (C=O) groups excluding carboxylic acids is 5. The molecule has 13 nitrogen and oxygen atoms in total. The molecule has 2 fully saturated rings. The summed E-state index contributed by atoms with van der Waals surface area (Å²) in [6.07, 6.45) is 2.84. The number of amidine groups is 1. The quantitative estimate of drug-likeness (QED) is 0.196. The lowest BCUT2D eigenvalue weighted by Gasteiger charge is -2.36. The number of amides is 4. The number of fused-ring (bicyclic) bond motifs is 2. The maximum absolute atomic E-state index is 12.9. The van der Waals surface area contributed by atoms with Crippen LogP contribution in [0, 0.1) is 0 Å². The molecule has 6 rings (SSSR count). The number of aliphatic hydroxyl groups is 1. The van der Waals surface area contributed by atoms with Crippen molar-refractivity contribution in [2.75, 3.05) is 85.3 Å². The molecule has 0 spiro atoms. The van der Waals surface area contributed by atoms with E-state index in [9.17, 15) is 24.0 Å². The zero-order chi connectivity index (χ0) is 35.0. The molecule has 0 bridgehead atoms. The lowest BCUT2D eigenvalue weighted by Crippen LogP contribution is -2.53. The Morgan fingerprint density at radius 2 is 1.52 bits per heavy atom. The molecule has 2 aromatic rings. The summed E-state index contributed by atoms with van der Waals surface area (Å²) in [7, 11) is 0. The second kappa shape index (κ2) is 16.6. The highest BCUT2D eigenvalue weighted by atomic mass is 32.2. The van der Waals surface area contributed by atoms with Crippen molar-refractivity contribution in [2.24, 2.45) is 4.99 Å². The van der Waals surface area contributed by atoms with Crippen molar-refractivity contribution in [1.29, 1.82) is 0 Å². The smallest absolute Gasteiger partial charge is 0.254 e. The lowest BCUT2D eigenvalue weighted by molar-refractivity contribution is -0.146. The predicted octanol–water partition coefficient (Wildman–Crippen LogP) is 1.34. The van der Waals surface area contributed by atoms with Gasteiger partial charge in [0.2, 0.25) is 11.8 Å². The molecule has 0 saturated carbocycles. The molecular weight excluding hydrogens is 660 g/mol. The van der Waals surface area contributed by atoms with Crippen LogP contribution < -0.4 is 0 Å². The third-order valence-corrected chi connectivity index (χ3v) is 10.4. The summed E-state index contributed by atoms with van der Waals surface area (Å²) in [5.74, 6) is -0.816. The number of hydrogen-bond acceptors (Lipinski definition) is 11. The van der Waals surface area contributed by atoms with Crippen LogP contribution in [0.15, 0.2) is 69.4 Å². The number of aliphatic imine (C=N–C) groups is 1. The van der Waals surface area contributed by atoms with Crippen LogP contribution in [0.1, 0.15) is 24.0 Å². The van der Waals surface area contributed by atoms with Crippen LogP contribution in [0.25, 0.3) is 0 Å². The third kappa shape index (κ3) is 8.67. The SMILES string of the molecule is O=C(CCc1ccc2c(c1)Sc1ccccc1N=C2N1CCN(CCOCCO)CC1)CC(=O)N1CCN(C(=O)CN2C(=O)C=CC2=O)CC1. The Kier molecular flexibility index (Phi) is 11.7. The number of para-hydroxylation sites is 1. The average molecular weight is 703 g/mol. The second-order valence-electron chi connectivity index (χ2n) is 12.6. The fraction of sp³-hybridized carbons (Fsp3) is 0.444. The maximum Gasteiger partial charge on any atom is 0.254 e. The number of imide groups is 1. The van der Waals surface area contributed by atoms with Crippen LogP contribution in [0.2, 0.25) is 0 Å². The van der Waals surface area contributed by atoms with Crippen LogP contribution in [-0.4, -0.2) is 150 Å². The topological polar surface area (TPSA) is 143 Å². The van der Waals surface area contributed by atoms with E-state index in [1.807, 2.05) is 24.3 Å². The van der Waals surface area contributed by atoms with Gasteiger partial charge >= 0.3 is 0 Å². The van der Waals surface area contributed by atoms with Crippen molar-refractivity contribution in [3.8, 4) is 0 Å². The first-order chi connectivity index (χ1) is 24.3. The first-order valence-electron chi connectivity index (χ1n) is 17.0. The fourth-order valence-electron chi connectivity index (χ4n) is 6.38. The standard InChI is InChI=1S/C36H42N6O7S/c43-20-22-49-21-19-38-11-13-41(14-12-38)36-28-8-6-26(23-31(28)50-30-4-2-1-3-29(30)37-36)5-7-27(44)24-34(47)39-15-17-40(18-16-39)35(48)25-42-32(45)9-10-33(42)46/h1-4,6,8-10,23,43H,5,7,11-22,24-25H2. The van der Waals surface area contributed by atoms with Crippen molar-refractivity contribution in [3.05, 3.63) is 65.7 Å². The van der Waals surface area contributed by atoms with Gasteiger partial charge in [0.25, 0.3) is 11.8 Å². The highest BCUT2D eigenvalue weighted by Crippen LogP contribution is 2.41. The lowest BCUT2D eigenvalue weighted by atomic mass is 10.0. The summed E-state index contributed by atoms with van der Waals surface area (Å²) in [4.78, 5) is 78.1. The number of benzene rings is 2. The third-order valence-electron chi connectivity index (χ3n) is 9.28. The highest BCUT2D eigenvalue weighted by molar-refractivity contribution is 7.99. The molecule has 4 amide bonds. The molecule has 4 heterocycles. The van der Waals surface area contributed by atoms with Crippen molar-refractivity contribution in [2.45, 2.75) is 29.1 Å². The van der Waals surface area contributed by atoms with Gasteiger partial charge in [-0.1, -0.05) is 30.0 Å². The van der Waals surface area contributed by atoms with E-state index < -0.39 is 11.8 Å². The number of aryl methyl sites for hydroxylation is 1. The molecule has 1 N–H and O–H groups in total. The number of piperazine rings is 2. The minimum Gasteiger partial charge on any atom is -0.394 e. The van der Waals surface area contributed by atoms with Crippen molar-refractivity contribution < 1.29 is 33.8 Å². The molecule has 0 aromatic heterocycles. The summed E-state index contributed by atoms with van der Waals surface area (Å²) in [6.45, 7) is 6.07. The van der Waals surface area contributed by atoms with Gasteiger partial charge in [-0.2, -0.15) is 0 Å². The Hall–Kier alpha value is -4.37. The van der Waals surface area contributed by atoms with Gasteiger partial charge in [0.05, 0.1) is 31.9 Å². The van der Waals surface area contributed by atoms with E-state index in [0.717, 1.165) is 82.2 Å². The molecule has 264 valence electrons. The highest BCUT2D eigenvalue weighted by Gasteiger charge is 2.31. The van der Waals surface area contributed by atoms with Crippen LogP contribution >= 0.6 is 11.8 Å². The van der Waals surface area contributed by atoms with E-state index in [1.165, 1.54) is 4.90 Å². The molecule has 2 aromatic carbocycles. The Morgan fingerprint density at radius 3 is 2.24 bits per heavy atom. The van der Waals surface area contributed by atoms with Gasteiger partial charge in [0, 0.05) is 92.8 Å². The fourth-order valence-corrected chi connectivity index (χ4v) is 7.47. The maximum atomic E-state index is 12.9. The summed E-state index contributed by atoms with van der Waals surface area (Å²) >= 11 is 1.67. The number of nitrogens with zero attached hydrogens (tertiary/aromatic N) is 6. The van der Waals surface area contributed by atoms with Gasteiger partial charge in [0.15, 0.2) is 0 Å². The van der Waals surface area contributed by atoms with Gasteiger partial charge < -0.3 is 24.5 Å². The van der Waals surface area contributed by atoms with E-state index in [1.54, 1.807) is 16.7 Å². The van der Waals surface area contributed by atoms with Gasteiger partial charge in [-0.15, -0.1) is 0 Å². The van der Waals surface area contributed by atoms with Crippen LogP contribution in [0.4, 0.5) is 5.69 Å².